The topological polar surface area (TPSA) is 21.3 Å². The number of ether oxygens (including phenoxy) is 1. The molecular formula is C18H31NO. The fourth-order valence-electron chi connectivity index (χ4n) is 2.61. The molecule has 1 aromatic carbocycles. The fraction of sp³-hybridized carbons (Fsp3) is 0.667. The summed E-state index contributed by atoms with van der Waals surface area (Å²) >= 11 is 0. The van der Waals surface area contributed by atoms with Crippen LogP contribution in [0.3, 0.4) is 0 Å². The number of hydrogen-bond donors (Lipinski definition) is 1. The van der Waals surface area contributed by atoms with Crippen molar-refractivity contribution in [1.29, 1.82) is 0 Å². The number of nitrogens with one attached hydrogen (secondary N) is 1. The molecule has 0 heterocycles. The zero-order chi connectivity index (χ0) is 15.0. The molecule has 1 aromatic rings. The highest BCUT2D eigenvalue weighted by atomic mass is 16.5. The molecule has 0 fully saturated rings. The first-order chi connectivity index (χ1) is 9.54. The van der Waals surface area contributed by atoms with Gasteiger partial charge in [0.15, 0.2) is 0 Å². The maximum absolute atomic E-state index is 5.50. The van der Waals surface area contributed by atoms with Crippen LogP contribution in [0.4, 0.5) is 0 Å². The molecule has 0 saturated heterocycles. The number of hydrogen-bond acceptors (Lipinski definition) is 2. The first kappa shape index (κ1) is 17.2. The molecule has 1 atom stereocenters. The molecule has 0 aliphatic rings. The normalized spacial score (nSPS) is 13.7. The van der Waals surface area contributed by atoms with Crippen molar-refractivity contribution in [1.82, 2.24) is 5.32 Å². The highest BCUT2D eigenvalue weighted by Crippen LogP contribution is 2.27. The Labute approximate surface area is 124 Å². The van der Waals surface area contributed by atoms with Gasteiger partial charge < -0.3 is 10.1 Å². The molecule has 0 aromatic heterocycles. The van der Waals surface area contributed by atoms with Crippen molar-refractivity contribution in [3.05, 3.63) is 35.9 Å². The highest BCUT2D eigenvalue weighted by molar-refractivity contribution is 5.19. The Bertz CT molecular complexity index is 357. The van der Waals surface area contributed by atoms with Crippen LogP contribution in [0.25, 0.3) is 0 Å². The van der Waals surface area contributed by atoms with Gasteiger partial charge in [-0.15, -0.1) is 0 Å². The monoisotopic (exact) mass is 277 g/mol. The van der Waals surface area contributed by atoms with E-state index in [9.17, 15) is 0 Å². The van der Waals surface area contributed by atoms with Gasteiger partial charge >= 0.3 is 0 Å². The van der Waals surface area contributed by atoms with Crippen molar-refractivity contribution in [2.75, 3.05) is 13.7 Å². The van der Waals surface area contributed by atoms with Crippen LogP contribution in [0.2, 0.25) is 0 Å². The Morgan fingerprint density at radius 3 is 2.20 bits per heavy atom. The molecule has 0 aliphatic carbocycles. The number of methoxy groups -OCH3 is 1. The Hall–Kier alpha value is -0.860. The quantitative estimate of drug-likeness (QED) is 0.714. The Balaban J connectivity index is 2.69. The third kappa shape index (κ3) is 5.26. The van der Waals surface area contributed by atoms with E-state index in [1.807, 2.05) is 0 Å². The lowest BCUT2D eigenvalue weighted by Gasteiger charge is -2.29. The molecule has 1 rings (SSSR count). The van der Waals surface area contributed by atoms with E-state index in [0.717, 1.165) is 13.0 Å². The molecule has 114 valence electrons. The van der Waals surface area contributed by atoms with Gasteiger partial charge in [0.05, 0.1) is 5.60 Å². The maximum atomic E-state index is 5.50. The molecule has 0 radical (unpaired) electrons. The molecule has 2 nitrogen and oxygen atoms in total. The molecule has 1 unspecified atom stereocenters. The van der Waals surface area contributed by atoms with Gasteiger partial charge in [-0.25, -0.2) is 0 Å². The van der Waals surface area contributed by atoms with Crippen LogP contribution in [0.1, 0.15) is 58.6 Å². The zero-order valence-electron chi connectivity index (χ0n) is 13.8. The number of rotatable bonds is 9. The lowest BCUT2D eigenvalue weighted by atomic mass is 9.88. The predicted octanol–water partition coefficient (Wildman–Crippen LogP) is 4.57. The third-order valence-electron chi connectivity index (χ3n) is 4.32. The van der Waals surface area contributed by atoms with Crippen molar-refractivity contribution in [3.63, 3.8) is 0 Å². The van der Waals surface area contributed by atoms with E-state index in [0.29, 0.717) is 12.0 Å². The molecule has 1 N–H and O–H groups in total. The summed E-state index contributed by atoms with van der Waals surface area (Å²) in [6, 6.07) is 11.3. The van der Waals surface area contributed by atoms with Gasteiger partial charge in [0.2, 0.25) is 0 Å². The van der Waals surface area contributed by atoms with E-state index in [4.69, 9.17) is 4.74 Å². The van der Waals surface area contributed by atoms with E-state index >= 15 is 0 Å². The standard InChI is InChI=1S/C18H31NO/c1-6-15(7-2)17(16-11-9-8-10-12-16)19-14-13-18(3,4)20-5/h8-12,15,17,19H,6-7,13-14H2,1-5H3. The second-order valence-corrected chi connectivity index (χ2v) is 6.13. The van der Waals surface area contributed by atoms with E-state index in [1.54, 1.807) is 7.11 Å². The lowest BCUT2D eigenvalue weighted by Crippen LogP contribution is -2.33. The van der Waals surface area contributed by atoms with Gasteiger partial charge in [0.1, 0.15) is 0 Å². The van der Waals surface area contributed by atoms with Crippen molar-refractivity contribution in [3.8, 4) is 0 Å². The summed E-state index contributed by atoms with van der Waals surface area (Å²) in [6.45, 7) is 9.83. The van der Waals surface area contributed by atoms with Crippen LogP contribution in [0, 0.1) is 5.92 Å². The summed E-state index contributed by atoms with van der Waals surface area (Å²) < 4.78 is 5.50. The average Bonchev–Trinajstić information content (AvgIpc) is 2.47. The Kier molecular flexibility index (Phi) is 7.25. The molecular weight excluding hydrogens is 246 g/mol. The summed E-state index contributed by atoms with van der Waals surface area (Å²) in [5.74, 6) is 0.683. The third-order valence-corrected chi connectivity index (χ3v) is 4.32. The maximum Gasteiger partial charge on any atom is 0.0634 e. The van der Waals surface area contributed by atoms with E-state index in [1.165, 1.54) is 18.4 Å². The van der Waals surface area contributed by atoms with Crippen molar-refractivity contribution < 1.29 is 4.74 Å². The van der Waals surface area contributed by atoms with Crippen LogP contribution in [-0.4, -0.2) is 19.3 Å². The Morgan fingerprint density at radius 1 is 1.10 bits per heavy atom. The average molecular weight is 277 g/mol. The van der Waals surface area contributed by atoms with E-state index < -0.39 is 0 Å². The minimum absolute atomic E-state index is 0.0534. The van der Waals surface area contributed by atoms with Crippen LogP contribution < -0.4 is 5.32 Å². The minimum atomic E-state index is -0.0534. The van der Waals surface area contributed by atoms with Crippen LogP contribution >= 0.6 is 0 Å². The van der Waals surface area contributed by atoms with Gasteiger partial charge in [-0.05, 0) is 38.3 Å². The lowest BCUT2D eigenvalue weighted by molar-refractivity contribution is 0.0148. The van der Waals surface area contributed by atoms with Gasteiger partial charge in [0, 0.05) is 13.2 Å². The Morgan fingerprint density at radius 2 is 1.70 bits per heavy atom. The first-order valence-corrected chi connectivity index (χ1v) is 7.87. The fourth-order valence-corrected chi connectivity index (χ4v) is 2.61. The minimum Gasteiger partial charge on any atom is -0.379 e. The van der Waals surface area contributed by atoms with Gasteiger partial charge in [-0.1, -0.05) is 57.0 Å². The summed E-state index contributed by atoms with van der Waals surface area (Å²) in [4.78, 5) is 0. The molecule has 0 saturated carbocycles. The summed E-state index contributed by atoms with van der Waals surface area (Å²) in [7, 11) is 1.79. The smallest absolute Gasteiger partial charge is 0.0634 e. The summed E-state index contributed by atoms with van der Waals surface area (Å²) in [5.41, 5.74) is 1.35. The van der Waals surface area contributed by atoms with Gasteiger partial charge in [-0.3, -0.25) is 0 Å². The largest absolute Gasteiger partial charge is 0.379 e. The second-order valence-electron chi connectivity index (χ2n) is 6.13. The van der Waals surface area contributed by atoms with Gasteiger partial charge in [-0.2, -0.15) is 0 Å². The molecule has 0 aliphatic heterocycles. The summed E-state index contributed by atoms with van der Waals surface area (Å²) in [5, 5.41) is 3.75. The highest BCUT2D eigenvalue weighted by Gasteiger charge is 2.21. The van der Waals surface area contributed by atoms with Crippen LogP contribution in [0.15, 0.2) is 30.3 Å². The van der Waals surface area contributed by atoms with Gasteiger partial charge in [0.25, 0.3) is 0 Å². The van der Waals surface area contributed by atoms with Crippen molar-refractivity contribution in [2.24, 2.45) is 5.92 Å². The summed E-state index contributed by atoms with van der Waals surface area (Å²) in [6.07, 6.45) is 3.43. The van der Waals surface area contributed by atoms with Crippen LogP contribution in [0.5, 0.6) is 0 Å². The zero-order valence-corrected chi connectivity index (χ0v) is 13.8. The van der Waals surface area contributed by atoms with Crippen LogP contribution in [-0.2, 0) is 4.74 Å². The van der Waals surface area contributed by atoms with Crippen molar-refractivity contribution in [2.45, 2.75) is 58.6 Å². The van der Waals surface area contributed by atoms with Crippen molar-refractivity contribution >= 4 is 0 Å². The molecule has 2 heteroatoms. The molecule has 20 heavy (non-hydrogen) atoms. The second kappa shape index (κ2) is 8.43. The predicted molar refractivity (Wildman–Crippen MR) is 87.0 cm³/mol. The van der Waals surface area contributed by atoms with E-state index in [-0.39, 0.29) is 5.60 Å². The SMILES string of the molecule is CCC(CC)C(NCCC(C)(C)OC)c1ccccc1. The molecule has 0 amide bonds. The first-order valence-electron chi connectivity index (χ1n) is 7.87. The van der Waals surface area contributed by atoms with E-state index in [2.05, 4.69) is 63.3 Å². The number of benzene rings is 1. The molecule has 0 bridgehead atoms. The molecule has 0 spiro atoms.